The molecule has 2 N–H and O–H groups in total. The Morgan fingerprint density at radius 3 is 2.32 bits per heavy atom. The molecule has 0 spiro atoms. The lowest BCUT2D eigenvalue weighted by Crippen LogP contribution is -2.54. The Morgan fingerprint density at radius 1 is 0.893 bits per heavy atom. The van der Waals surface area contributed by atoms with Crippen molar-refractivity contribution >= 4 is 8.32 Å². The van der Waals surface area contributed by atoms with Gasteiger partial charge in [0.15, 0.2) is 8.32 Å². The zero-order valence-electron chi connectivity index (χ0n) is 18.9. The van der Waals surface area contributed by atoms with E-state index >= 15 is 0 Å². The smallest absolute Gasteiger partial charge is 0.192 e. The summed E-state index contributed by atoms with van der Waals surface area (Å²) < 4.78 is 6.75. The van der Waals surface area contributed by atoms with Gasteiger partial charge in [0, 0.05) is 12.0 Å². The molecule has 0 aromatic rings. The summed E-state index contributed by atoms with van der Waals surface area (Å²) in [5, 5.41) is 21.5. The maximum Gasteiger partial charge on any atom is 0.192 e. The summed E-state index contributed by atoms with van der Waals surface area (Å²) in [5.41, 5.74) is 0.0116. The van der Waals surface area contributed by atoms with E-state index in [4.69, 9.17) is 4.43 Å². The van der Waals surface area contributed by atoms with Crippen molar-refractivity contribution in [3.8, 4) is 0 Å². The molecule has 0 aromatic carbocycles. The normalized spacial score (nSPS) is 46.6. The summed E-state index contributed by atoms with van der Waals surface area (Å²) in [6.45, 7) is 12.4. The van der Waals surface area contributed by atoms with Gasteiger partial charge in [0.05, 0.1) is 12.2 Å². The highest BCUT2D eigenvalue weighted by molar-refractivity contribution is 6.74. The molecule has 4 fully saturated rings. The lowest BCUT2D eigenvalue weighted by Gasteiger charge is -2.56. The topological polar surface area (TPSA) is 49.7 Å². The number of aliphatic hydroxyl groups is 2. The second-order valence-corrected chi connectivity index (χ2v) is 17.1. The minimum absolute atomic E-state index is 0.0116. The highest BCUT2D eigenvalue weighted by Gasteiger charge is 2.59. The van der Waals surface area contributed by atoms with Crippen molar-refractivity contribution in [1.82, 2.24) is 0 Å². The van der Waals surface area contributed by atoms with Gasteiger partial charge in [-0.25, -0.2) is 0 Å². The van der Waals surface area contributed by atoms with Gasteiger partial charge in [0.25, 0.3) is 0 Å². The first-order valence-corrected chi connectivity index (χ1v) is 15.0. The van der Waals surface area contributed by atoms with E-state index in [9.17, 15) is 10.2 Å². The van der Waals surface area contributed by atoms with Gasteiger partial charge < -0.3 is 14.6 Å². The van der Waals surface area contributed by atoms with Crippen LogP contribution in [0, 0.1) is 35.0 Å². The average molecular weight is 409 g/mol. The summed E-state index contributed by atoms with van der Waals surface area (Å²) in [7, 11) is -1.80. The molecule has 162 valence electrons. The molecule has 0 aliphatic heterocycles. The summed E-state index contributed by atoms with van der Waals surface area (Å²) >= 11 is 0. The van der Waals surface area contributed by atoms with Crippen LogP contribution in [0.3, 0.4) is 0 Å². The predicted molar refractivity (Wildman–Crippen MR) is 117 cm³/mol. The van der Waals surface area contributed by atoms with Gasteiger partial charge in [-0.1, -0.05) is 20.8 Å². The van der Waals surface area contributed by atoms with Crippen molar-refractivity contribution in [2.45, 2.75) is 109 Å². The standard InChI is InChI=1S/C24H44O3Si/c1-23(2,3)28(4,5)27-15-24-13-12-19-18-9-7-17(25)14-16(18)6-8-20(19)21(24)10-11-22(24)26/h16-22,25-26H,6-15H2,1-5H3/t16-,17-,18?,19?,20?,21?,22-,24+/m0/s1. The number of hydrogen-bond donors (Lipinski definition) is 2. The van der Waals surface area contributed by atoms with Gasteiger partial charge in [-0.15, -0.1) is 0 Å². The van der Waals surface area contributed by atoms with Crippen molar-refractivity contribution in [3.63, 3.8) is 0 Å². The van der Waals surface area contributed by atoms with E-state index in [1.165, 1.54) is 32.1 Å². The summed E-state index contributed by atoms with van der Waals surface area (Å²) in [5.74, 6) is 3.86. The minimum Gasteiger partial charge on any atom is -0.416 e. The van der Waals surface area contributed by atoms with Crippen molar-refractivity contribution in [2.24, 2.45) is 35.0 Å². The molecular formula is C24H44O3Si. The van der Waals surface area contributed by atoms with Crippen LogP contribution < -0.4 is 0 Å². The van der Waals surface area contributed by atoms with E-state index < -0.39 is 8.32 Å². The molecule has 4 aliphatic rings. The van der Waals surface area contributed by atoms with E-state index in [0.717, 1.165) is 56.0 Å². The van der Waals surface area contributed by atoms with Gasteiger partial charge in [-0.05, 0) is 106 Å². The second-order valence-electron chi connectivity index (χ2n) is 12.3. The largest absolute Gasteiger partial charge is 0.416 e. The predicted octanol–water partition coefficient (Wildman–Crippen LogP) is 5.36. The molecule has 0 radical (unpaired) electrons. The van der Waals surface area contributed by atoms with Gasteiger partial charge in [0.1, 0.15) is 0 Å². The third kappa shape index (κ3) is 3.44. The van der Waals surface area contributed by atoms with Crippen LogP contribution >= 0.6 is 0 Å². The van der Waals surface area contributed by atoms with Gasteiger partial charge in [0.2, 0.25) is 0 Å². The molecule has 0 bridgehead atoms. The van der Waals surface area contributed by atoms with Crippen LogP contribution in [0.1, 0.15) is 78.6 Å². The number of fused-ring (bicyclic) bond motifs is 5. The van der Waals surface area contributed by atoms with Crippen molar-refractivity contribution in [1.29, 1.82) is 0 Å². The van der Waals surface area contributed by atoms with Gasteiger partial charge >= 0.3 is 0 Å². The number of aliphatic hydroxyl groups excluding tert-OH is 2. The molecule has 0 saturated heterocycles. The van der Waals surface area contributed by atoms with Crippen LogP contribution in [0.15, 0.2) is 0 Å². The van der Waals surface area contributed by atoms with Crippen molar-refractivity contribution < 1.29 is 14.6 Å². The highest BCUT2D eigenvalue weighted by atomic mass is 28.4. The Labute approximate surface area is 173 Å². The molecule has 4 aliphatic carbocycles. The fourth-order valence-electron chi connectivity index (χ4n) is 7.42. The second kappa shape index (κ2) is 7.35. The highest BCUT2D eigenvalue weighted by Crippen LogP contribution is 2.63. The van der Waals surface area contributed by atoms with Crippen LogP contribution in [0.5, 0.6) is 0 Å². The lowest BCUT2D eigenvalue weighted by atomic mass is 9.50. The maximum absolute atomic E-state index is 11.1. The third-order valence-electron chi connectivity index (χ3n) is 10.1. The fourth-order valence-corrected chi connectivity index (χ4v) is 8.48. The molecule has 4 heteroatoms. The first kappa shape index (κ1) is 21.3. The van der Waals surface area contributed by atoms with Crippen molar-refractivity contribution in [2.75, 3.05) is 6.61 Å². The Balaban J connectivity index is 1.52. The van der Waals surface area contributed by atoms with Crippen LogP contribution in [0.2, 0.25) is 18.1 Å². The number of rotatable bonds is 3. The molecule has 3 nitrogen and oxygen atoms in total. The summed E-state index contributed by atoms with van der Waals surface area (Å²) in [6, 6.07) is 0. The van der Waals surface area contributed by atoms with E-state index in [-0.39, 0.29) is 22.7 Å². The molecule has 4 saturated carbocycles. The molecule has 0 heterocycles. The summed E-state index contributed by atoms with van der Waals surface area (Å²) in [4.78, 5) is 0. The van der Waals surface area contributed by atoms with Crippen LogP contribution in [0.4, 0.5) is 0 Å². The third-order valence-corrected chi connectivity index (χ3v) is 14.6. The molecule has 4 rings (SSSR count). The monoisotopic (exact) mass is 408 g/mol. The number of hydrogen-bond acceptors (Lipinski definition) is 3. The Morgan fingerprint density at radius 2 is 1.61 bits per heavy atom. The first-order valence-electron chi connectivity index (χ1n) is 12.1. The van der Waals surface area contributed by atoms with E-state index in [0.29, 0.717) is 5.92 Å². The van der Waals surface area contributed by atoms with Gasteiger partial charge in [-0.2, -0.15) is 0 Å². The molecule has 0 amide bonds. The Bertz CT molecular complexity index is 571. The zero-order valence-corrected chi connectivity index (χ0v) is 19.9. The zero-order chi connectivity index (χ0) is 20.3. The van der Waals surface area contributed by atoms with Crippen molar-refractivity contribution in [3.05, 3.63) is 0 Å². The molecule has 28 heavy (non-hydrogen) atoms. The molecule has 0 aromatic heterocycles. The SMILES string of the molecule is CC(C)(C)[Si](C)(C)OC[C@]12CCC3C(CC[C@H]4C[C@@H](O)CCC34)C1CC[C@@H]2O. The molecule has 4 unspecified atom stereocenters. The van der Waals surface area contributed by atoms with Crippen LogP contribution in [-0.4, -0.2) is 37.3 Å². The average Bonchev–Trinajstić information content (AvgIpc) is 2.96. The molecule has 8 atom stereocenters. The fraction of sp³-hybridized carbons (Fsp3) is 1.00. The first-order chi connectivity index (χ1) is 13.1. The summed E-state index contributed by atoms with van der Waals surface area (Å²) in [6.07, 6.45) is 10.3. The van der Waals surface area contributed by atoms with E-state index in [2.05, 4.69) is 33.9 Å². The van der Waals surface area contributed by atoms with Crippen LogP contribution in [-0.2, 0) is 4.43 Å². The van der Waals surface area contributed by atoms with E-state index in [1.54, 1.807) is 0 Å². The Hall–Kier alpha value is 0.0969. The van der Waals surface area contributed by atoms with Gasteiger partial charge in [-0.3, -0.25) is 0 Å². The van der Waals surface area contributed by atoms with E-state index in [1.807, 2.05) is 0 Å². The minimum atomic E-state index is -1.80. The van der Waals surface area contributed by atoms with Crippen LogP contribution in [0.25, 0.3) is 0 Å². The Kier molecular flexibility index (Phi) is 5.60. The quantitative estimate of drug-likeness (QED) is 0.618. The lowest BCUT2D eigenvalue weighted by molar-refractivity contribution is -0.115. The maximum atomic E-state index is 11.1. The molecular weight excluding hydrogens is 364 g/mol.